The highest BCUT2D eigenvalue weighted by Gasteiger charge is 2.34. The van der Waals surface area contributed by atoms with E-state index in [1.54, 1.807) is 18.5 Å². The standard InChI is InChI=1S/C19H26N4O7S2/c1-14-21-18(13-22(14)2)32(27,28)23-9-7-15(8-10-23)19(24)30-12-11-29-16-3-5-17(6-4-16)31(20,25)26/h3-6,13,15H,7-12H2,1-2H3,(H2,20,25,26). The van der Waals surface area contributed by atoms with Crippen LogP contribution in [0.5, 0.6) is 5.75 Å². The lowest BCUT2D eigenvalue weighted by Gasteiger charge is -2.29. The Balaban J connectivity index is 1.43. The average Bonchev–Trinajstić information content (AvgIpc) is 3.10. The fourth-order valence-electron chi connectivity index (χ4n) is 3.26. The monoisotopic (exact) mass is 486 g/mol. The number of nitrogens with zero attached hydrogens (tertiary/aromatic N) is 3. The summed E-state index contributed by atoms with van der Waals surface area (Å²) < 4.78 is 61.6. The molecule has 3 rings (SSSR count). The molecule has 0 radical (unpaired) electrons. The van der Waals surface area contributed by atoms with Crippen LogP contribution in [0.15, 0.2) is 40.4 Å². The number of ether oxygens (including phenoxy) is 2. The number of carbonyl (C=O) groups excluding carboxylic acids is 1. The zero-order valence-corrected chi connectivity index (χ0v) is 19.4. The Labute approximate surface area is 187 Å². The second-order valence-electron chi connectivity index (χ2n) is 7.45. The molecule has 0 spiro atoms. The zero-order valence-electron chi connectivity index (χ0n) is 17.8. The summed E-state index contributed by atoms with van der Waals surface area (Å²) >= 11 is 0. The molecule has 2 aromatic rings. The summed E-state index contributed by atoms with van der Waals surface area (Å²) in [5.74, 6) is 0.228. The molecule has 0 saturated carbocycles. The van der Waals surface area contributed by atoms with Crippen molar-refractivity contribution < 1.29 is 31.1 Å². The summed E-state index contributed by atoms with van der Waals surface area (Å²) in [5.41, 5.74) is 0. The van der Waals surface area contributed by atoms with Gasteiger partial charge in [-0.05, 0) is 44.0 Å². The molecule has 1 aromatic heterocycles. The third-order valence-corrected chi connectivity index (χ3v) is 7.93. The highest BCUT2D eigenvalue weighted by molar-refractivity contribution is 7.89. The molecule has 1 aliphatic heterocycles. The Kier molecular flexibility index (Phi) is 7.22. The number of piperidine rings is 1. The van der Waals surface area contributed by atoms with Crippen LogP contribution in [0.25, 0.3) is 0 Å². The fourth-order valence-corrected chi connectivity index (χ4v) is 5.27. The maximum absolute atomic E-state index is 12.7. The van der Waals surface area contributed by atoms with Crippen LogP contribution in [0.3, 0.4) is 0 Å². The molecule has 13 heteroatoms. The van der Waals surface area contributed by atoms with Crippen molar-refractivity contribution in [3.8, 4) is 5.75 Å². The summed E-state index contributed by atoms with van der Waals surface area (Å²) in [6.45, 7) is 2.26. The summed E-state index contributed by atoms with van der Waals surface area (Å²) in [7, 11) is -5.73. The maximum atomic E-state index is 12.7. The van der Waals surface area contributed by atoms with Crippen molar-refractivity contribution in [3.63, 3.8) is 0 Å². The number of carbonyl (C=O) groups is 1. The smallest absolute Gasteiger partial charge is 0.309 e. The van der Waals surface area contributed by atoms with Gasteiger partial charge in [-0.25, -0.2) is 27.0 Å². The second-order valence-corrected chi connectivity index (χ2v) is 10.9. The van der Waals surface area contributed by atoms with Gasteiger partial charge in [-0.15, -0.1) is 0 Å². The molecule has 0 atom stereocenters. The number of sulfonamides is 2. The first-order valence-corrected chi connectivity index (χ1v) is 12.9. The zero-order chi connectivity index (χ0) is 23.5. The molecule has 32 heavy (non-hydrogen) atoms. The number of hydrogen-bond donors (Lipinski definition) is 1. The number of aryl methyl sites for hydroxylation is 2. The van der Waals surface area contributed by atoms with Crippen LogP contribution >= 0.6 is 0 Å². The van der Waals surface area contributed by atoms with Crippen molar-refractivity contribution in [1.82, 2.24) is 13.9 Å². The molecule has 11 nitrogen and oxygen atoms in total. The number of nitrogens with two attached hydrogens (primary N) is 1. The molecule has 1 fully saturated rings. The normalized spacial score (nSPS) is 16.1. The van der Waals surface area contributed by atoms with Gasteiger partial charge in [0.1, 0.15) is 24.8 Å². The van der Waals surface area contributed by atoms with Gasteiger partial charge in [0.05, 0.1) is 10.8 Å². The molecular formula is C19H26N4O7S2. The Hall–Kier alpha value is -2.48. The maximum Gasteiger partial charge on any atom is 0.309 e. The van der Waals surface area contributed by atoms with Gasteiger partial charge in [0.15, 0.2) is 5.03 Å². The van der Waals surface area contributed by atoms with E-state index in [9.17, 15) is 21.6 Å². The average molecular weight is 487 g/mol. The molecule has 1 aliphatic rings. The lowest BCUT2D eigenvalue weighted by Crippen LogP contribution is -2.40. The Morgan fingerprint density at radius 1 is 1.12 bits per heavy atom. The van der Waals surface area contributed by atoms with Gasteiger partial charge in [-0.1, -0.05) is 0 Å². The third-order valence-electron chi connectivity index (χ3n) is 5.23. The number of primary sulfonamides is 1. The Bertz CT molecular complexity index is 1150. The predicted octanol–water partition coefficient (Wildman–Crippen LogP) is 0.399. The van der Waals surface area contributed by atoms with E-state index in [1.165, 1.54) is 34.8 Å². The lowest BCUT2D eigenvalue weighted by atomic mass is 9.98. The molecular weight excluding hydrogens is 460 g/mol. The van der Waals surface area contributed by atoms with Crippen LogP contribution in [-0.4, -0.2) is 63.0 Å². The molecule has 176 valence electrons. The van der Waals surface area contributed by atoms with E-state index in [-0.39, 0.29) is 42.1 Å². The molecule has 1 aromatic carbocycles. The topological polar surface area (TPSA) is 151 Å². The van der Waals surface area contributed by atoms with E-state index in [1.807, 2.05) is 0 Å². The van der Waals surface area contributed by atoms with Gasteiger partial charge in [-0.3, -0.25) is 4.79 Å². The van der Waals surface area contributed by atoms with Crippen molar-refractivity contribution in [1.29, 1.82) is 0 Å². The first-order chi connectivity index (χ1) is 15.0. The van der Waals surface area contributed by atoms with E-state index in [4.69, 9.17) is 14.6 Å². The number of rotatable bonds is 8. The number of benzene rings is 1. The predicted molar refractivity (Wildman–Crippen MR) is 114 cm³/mol. The lowest BCUT2D eigenvalue weighted by molar-refractivity contribution is -0.150. The van der Waals surface area contributed by atoms with Crippen molar-refractivity contribution in [3.05, 3.63) is 36.3 Å². The van der Waals surface area contributed by atoms with Gasteiger partial charge in [0, 0.05) is 26.3 Å². The summed E-state index contributed by atoms with van der Waals surface area (Å²) in [6, 6.07) is 5.57. The SMILES string of the molecule is Cc1nc(S(=O)(=O)N2CCC(C(=O)OCCOc3ccc(S(N)(=O)=O)cc3)CC2)cn1C. The highest BCUT2D eigenvalue weighted by Crippen LogP contribution is 2.24. The summed E-state index contributed by atoms with van der Waals surface area (Å²) in [5, 5.41) is 5.04. The number of hydrogen-bond acceptors (Lipinski definition) is 8. The minimum atomic E-state index is -3.77. The first kappa shape index (κ1) is 24.2. The number of esters is 1. The van der Waals surface area contributed by atoms with Crippen LogP contribution in [-0.2, 0) is 36.6 Å². The third kappa shape index (κ3) is 5.65. The van der Waals surface area contributed by atoms with Gasteiger partial charge < -0.3 is 14.0 Å². The molecule has 0 unspecified atom stereocenters. The highest BCUT2D eigenvalue weighted by atomic mass is 32.2. The molecule has 0 aliphatic carbocycles. The van der Waals surface area contributed by atoms with Crippen molar-refractivity contribution in [2.24, 2.45) is 18.1 Å². The minimum absolute atomic E-state index is 0.00719. The molecule has 0 amide bonds. The van der Waals surface area contributed by atoms with E-state index < -0.39 is 26.0 Å². The molecule has 2 heterocycles. The largest absolute Gasteiger partial charge is 0.490 e. The van der Waals surface area contributed by atoms with Crippen LogP contribution in [0.4, 0.5) is 0 Å². The van der Waals surface area contributed by atoms with E-state index in [0.29, 0.717) is 24.4 Å². The van der Waals surface area contributed by atoms with Crippen LogP contribution < -0.4 is 9.88 Å². The summed E-state index contributed by atoms with van der Waals surface area (Å²) in [4.78, 5) is 16.4. The first-order valence-electron chi connectivity index (χ1n) is 9.91. The van der Waals surface area contributed by atoms with Gasteiger partial charge in [0.2, 0.25) is 10.0 Å². The van der Waals surface area contributed by atoms with E-state index in [0.717, 1.165) is 0 Å². The van der Waals surface area contributed by atoms with Crippen LogP contribution in [0.2, 0.25) is 0 Å². The van der Waals surface area contributed by atoms with Crippen LogP contribution in [0.1, 0.15) is 18.7 Å². The van der Waals surface area contributed by atoms with Gasteiger partial charge in [0.25, 0.3) is 10.0 Å². The summed E-state index contributed by atoms with van der Waals surface area (Å²) in [6.07, 6.45) is 2.20. The van der Waals surface area contributed by atoms with Crippen molar-refractivity contribution in [2.75, 3.05) is 26.3 Å². The van der Waals surface area contributed by atoms with E-state index in [2.05, 4.69) is 4.98 Å². The van der Waals surface area contributed by atoms with Crippen molar-refractivity contribution >= 4 is 26.0 Å². The van der Waals surface area contributed by atoms with Crippen molar-refractivity contribution in [2.45, 2.75) is 29.7 Å². The second kappa shape index (κ2) is 9.57. The van der Waals surface area contributed by atoms with Crippen LogP contribution in [0, 0.1) is 12.8 Å². The van der Waals surface area contributed by atoms with E-state index >= 15 is 0 Å². The molecule has 1 saturated heterocycles. The quantitative estimate of drug-likeness (QED) is 0.416. The number of imidazole rings is 1. The fraction of sp³-hybridized carbons (Fsp3) is 0.474. The Morgan fingerprint density at radius 3 is 2.28 bits per heavy atom. The Morgan fingerprint density at radius 2 is 1.75 bits per heavy atom. The van der Waals surface area contributed by atoms with Gasteiger partial charge >= 0.3 is 5.97 Å². The number of aromatic nitrogens is 2. The minimum Gasteiger partial charge on any atom is -0.490 e. The van der Waals surface area contributed by atoms with Gasteiger partial charge in [-0.2, -0.15) is 4.31 Å². The molecule has 0 bridgehead atoms. The molecule has 2 N–H and O–H groups in total.